The van der Waals surface area contributed by atoms with Crippen LogP contribution in [0.1, 0.15) is 35.2 Å². The van der Waals surface area contributed by atoms with E-state index in [-0.39, 0.29) is 23.4 Å². The van der Waals surface area contributed by atoms with Crippen LogP contribution in [0.5, 0.6) is 5.75 Å². The Kier molecular flexibility index (Phi) is 4.57. The second-order valence-electron chi connectivity index (χ2n) is 5.67. The number of nitrogens with one attached hydrogen (secondary N) is 1. The molecule has 2 N–H and O–H groups in total. The molecule has 0 spiro atoms. The minimum Gasteiger partial charge on any atom is -0.505 e. The molecule has 1 unspecified atom stereocenters. The summed E-state index contributed by atoms with van der Waals surface area (Å²) < 4.78 is 7.32. The molecule has 0 aromatic carbocycles. The number of aromatic nitrogens is 3. The third-order valence-electron chi connectivity index (χ3n) is 4.16. The standard InChI is InChI=1S/C16H20N4O3/c1-20-8-7-18-15(20)13(11-4-9-23-10-5-11)19-16(22)14-12(21)3-2-6-17-14/h2-3,6-8,11,13,21H,4-5,9-10H2,1H3,(H,19,22). The van der Waals surface area contributed by atoms with Crippen LogP contribution in [0, 0.1) is 5.92 Å². The van der Waals surface area contributed by atoms with Gasteiger partial charge in [-0.3, -0.25) is 4.79 Å². The van der Waals surface area contributed by atoms with Gasteiger partial charge in [-0.05, 0) is 30.9 Å². The van der Waals surface area contributed by atoms with Gasteiger partial charge in [0.2, 0.25) is 0 Å². The Hall–Kier alpha value is -2.41. The van der Waals surface area contributed by atoms with E-state index in [2.05, 4.69) is 15.3 Å². The van der Waals surface area contributed by atoms with E-state index in [4.69, 9.17) is 4.74 Å². The molecule has 1 aliphatic rings. The van der Waals surface area contributed by atoms with Crippen molar-refractivity contribution < 1.29 is 14.6 Å². The average molecular weight is 316 g/mol. The van der Waals surface area contributed by atoms with E-state index in [0.717, 1.165) is 18.7 Å². The number of pyridine rings is 1. The Bertz CT molecular complexity index is 679. The van der Waals surface area contributed by atoms with Gasteiger partial charge in [0.25, 0.3) is 5.91 Å². The lowest BCUT2D eigenvalue weighted by Crippen LogP contribution is -2.37. The van der Waals surface area contributed by atoms with Gasteiger partial charge in [0, 0.05) is 38.9 Å². The summed E-state index contributed by atoms with van der Waals surface area (Å²) in [5, 5.41) is 12.8. The highest BCUT2D eigenvalue weighted by Crippen LogP contribution is 2.29. The van der Waals surface area contributed by atoms with Crippen molar-refractivity contribution in [2.75, 3.05) is 13.2 Å². The van der Waals surface area contributed by atoms with E-state index in [9.17, 15) is 9.90 Å². The summed E-state index contributed by atoms with van der Waals surface area (Å²) in [6.45, 7) is 1.35. The average Bonchev–Trinajstić information content (AvgIpc) is 2.99. The Morgan fingerprint density at radius 3 is 2.83 bits per heavy atom. The smallest absolute Gasteiger partial charge is 0.274 e. The van der Waals surface area contributed by atoms with Gasteiger partial charge in [-0.25, -0.2) is 9.97 Å². The molecular formula is C16H20N4O3. The molecule has 1 fully saturated rings. The van der Waals surface area contributed by atoms with Crippen molar-refractivity contribution in [2.45, 2.75) is 18.9 Å². The van der Waals surface area contributed by atoms with Crippen molar-refractivity contribution in [1.29, 1.82) is 0 Å². The van der Waals surface area contributed by atoms with E-state index in [1.165, 1.54) is 12.3 Å². The second-order valence-corrected chi connectivity index (χ2v) is 5.67. The molecular weight excluding hydrogens is 296 g/mol. The Balaban J connectivity index is 1.85. The molecule has 122 valence electrons. The molecule has 1 atom stereocenters. The molecule has 0 aliphatic carbocycles. The summed E-state index contributed by atoms with van der Waals surface area (Å²) in [7, 11) is 1.90. The number of rotatable bonds is 4. The first-order chi connectivity index (χ1) is 11.2. The SMILES string of the molecule is Cn1ccnc1C(NC(=O)c1ncccc1O)C1CCOCC1. The fourth-order valence-electron chi connectivity index (χ4n) is 2.90. The normalized spacial score (nSPS) is 16.9. The van der Waals surface area contributed by atoms with Crippen LogP contribution in [0.25, 0.3) is 0 Å². The number of ether oxygens (including phenoxy) is 1. The number of nitrogens with zero attached hydrogens (tertiary/aromatic N) is 3. The highest BCUT2D eigenvalue weighted by Gasteiger charge is 2.30. The topological polar surface area (TPSA) is 89.3 Å². The zero-order valence-electron chi connectivity index (χ0n) is 13.0. The monoisotopic (exact) mass is 316 g/mol. The number of hydrogen-bond acceptors (Lipinski definition) is 5. The lowest BCUT2D eigenvalue weighted by molar-refractivity contribution is 0.0498. The van der Waals surface area contributed by atoms with Crippen LogP contribution < -0.4 is 5.32 Å². The zero-order chi connectivity index (χ0) is 16.2. The highest BCUT2D eigenvalue weighted by atomic mass is 16.5. The maximum absolute atomic E-state index is 12.5. The van der Waals surface area contributed by atoms with Crippen LogP contribution in [-0.2, 0) is 11.8 Å². The van der Waals surface area contributed by atoms with Crippen LogP contribution in [-0.4, -0.2) is 38.8 Å². The van der Waals surface area contributed by atoms with Crippen molar-refractivity contribution in [1.82, 2.24) is 19.9 Å². The molecule has 3 heterocycles. The number of imidazole rings is 1. The molecule has 1 saturated heterocycles. The first-order valence-corrected chi connectivity index (χ1v) is 7.66. The van der Waals surface area contributed by atoms with Gasteiger partial charge >= 0.3 is 0 Å². The molecule has 23 heavy (non-hydrogen) atoms. The molecule has 3 rings (SSSR count). The molecule has 1 amide bonds. The molecule has 2 aromatic heterocycles. The van der Waals surface area contributed by atoms with Gasteiger partial charge in [-0.15, -0.1) is 0 Å². The third kappa shape index (κ3) is 3.34. The van der Waals surface area contributed by atoms with Gasteiger partial charge in [0.05, 0.1) is 6.04 Å². The fraction of sp³-hybridized carbons (Fsp3) is 0.438. The highest BCUT2D eigenvalue weighted by molar-refractivity contribution is 5.94. The van der Waals surface area contributed by atoms with E-state index in [1.807, 2.05) is 17.8 Å². The van der Waals surface area contributed by atoms with Crippen LogP contribution >= 0.6 is 0 Å². The largest absolute Gasteiger partial charge is 0.505 e. The zero-order valence-corrected chi connectivity index (χ0v) is 13.0. The van der Waals surface area contributed by atoms with Gasteiger partial charge < -0.3 is 19.7 Å². The molecule has 2 aromatic rings. The van der Waals surface area contributed by atoms with Crippen LogP contribution in [0.2, 0.25) is 0 Å². The van der Waals surface area contributed by atoms with Gasteiger partial charge in [-0.1, -0.05) is 0 Å². The van der Waals surface area contributed by atoms with E-state index >= 15 is 0 Å². The molecule has 0 saturated carbocycles. The maximum atomic E-state index is 12.5. The number of aromatic hydroxyl groups is 1. The second kappa shape index (κ2) is 6.78. The Labute approximate surface area is 134 Å². The maximum Gasteiger partial charge on any atom is 0.274 e. The van der Waals surface area contributed by atoms with E-state index in [0.29, 0.717) is 13.2 Å². The Morgan fingerprint density at radius 2 is 2.17 bits per heavy atom. The van der Waals surface area contributed by atoms with E-state index in [1.54, 1.807) is 12.3 Å². The van der Waals surface area contributed by atoms with Gasteiger partial charge in [0.15, 0.2) is 5.69 Å². The number of carbonyl (C=O) groups is 1. The quantitative estimate of drug-likeness (QED) is 0.890. The summed E-state index contributed by atoms with van der Waals surface area (Å²) in [5.74, 6) is 0.499. The van der Waals surface area contributed by atoms with Crippen molar-refractivity contribution >= 4 is 5.91 Å². The molecule has 1 aliphatic heterocycles. The first kappa shape index (κ1) is 15.5. The van der Waals surface area contributed by atoms with E-state index < -0.39 is 5.91 Å². The summed E-state index contributed by atoms with van der Waals surface area (Å²) in [5.41, 5.74) is 0.0266. The molecule has 0 radical (unpaired) electrons. The van der Waals surface area contributed by atoms with Crippen LogP contribution in [0.4, 0.5) is 0 Å². The van der Waals surface area contributed by atoms with Crippen molar-refractivity contribution in [3.8, 4) is 5.75 Å². The van der Waals surface area contributed by atoms with Crippen LogP contribution in [0.3, 0.4) is 0 Å². The molecule has 7 nitrogen and oxygen atoms in total. The lowest BCUT2D eigenvalue weighted by Gasteiger charge is -2.30. The summed E-state index contributed by atoms with van der Waals surface area (Å²) >= 11 is 0. The lowest BCUT2D eigenvalue weighted by atomic mass is 9.91. The van der Waals surface area contributed by atoms with Gasteiger partial charge in [0.1, 0.15) is 11.6 Å². The predicted molar refractivity (Wildman–Crippen MR) is 82.9 cm³/mol. The number of aryl methyl sites for hydroxylation is 1. The summed E-state index contributed by atoms with van der Waals surface area (Å²) in [6, 6.07) is 2.79. The van der Waals surface area contributed by atoms with Gasteiger partial charge in [-0.2, -0.15) is 0 Å². The number of amides is 1. The minimum absolute atomic E-state index is 0.0266. The fourth-order valence-corrected chi connectivity index (χ4v) is 2.90. The van der Waals surface area contributed by atoms with Crippen molar-refractivity contribution in [2.24, 2.45) is 13.0 Å². The number of carbonyl (C=O) groups excluding carboxylic acids is 1. The predicted octanol–water partition coefficient (Wildman–Crippen LogP) is 1.42. The molecule has 7 heteroatoms. The first-order valence-electron chi connectivity index (χ1n) is 7.66. The third-order valence-corrected chi connectivity index (χ3v) is 4.16. The minimum atomic E-state index is -0.400. The summed E-state index contributed by atoms with van der Waals surface area (Å²) in [4.78, 5) is 20.9. The van der Waals surface area contributed by atoms with Crippen LogP contribution in [0.15, 0.2) is 30.7 Å². The Morgan fingerprint density at radius 1 is 1.39 bits per heavy atom. The van der Waals surface area contributed by atoms with Crippen molar-refractivity contribution in [3.63, 3.8) is 0 Å². The van der Waals surface area contributed by atoms with Crippen molar-refractivity contribution in [3.05, 3.63) is 42.2 Å². The molecule has 0 bridgehead atoms. The number of hydrogen-bond donors (Lipinski definition) is 2. The summed E-state index contributed by atoms with van der Waals surface area (Å²) in [6.07, 6.45) is 6.76.